The molecule has 3 rings (SSSR count). The standard InChI is InChI=1S/C21H28FN3O6S/c1-13(28-15-8-10-25(11-9-15)31-20(26)29-21(2,3)4)19-23-18(24-30-19)14-6-7-17(32(5)27)16(22)12-14/h6-7,12-13,15H,8-11H2,1-5H3. The Morgan fingerprint density at radius 3 is 2.62 bits per heavy atom. The average Bonchev–Trinajstić information content (AvgIpc) is 3.18. The zero-order chi connectivity index (χ0) is 23.5. The highest BCUT2D eigenvalue weighted by atomic mass is 32.2. The van der Waals surface area contributed by atoms with Gasteiger partial charge in [-0.05, 0) is 69.9 Å². The summed E-state index contributed by atoms with van der Waals surface area (Å²) < 4.78 is 42.1. The van der Waals surface area contributed by atoms with Crippen LogP contribution < -0.4 is 0 Å². The number of aromatic nitrogens is 2. The molecule has 0 aliphatic carbocycles. The van der Waals surface area contributed by atoms with Gasteiger partial charge in [0.15, 0.2) is 10.7 Å². The average molecular weight is 470 g/mol. The summed E-state index contributed by atoms with van der Waals surface area (Å²) in [5.74, 6) is -0.0845. The second-order valence-corrected chi connectivity index (χ2v) is 9.87. The largest absolute Gasteiger partial charge is 0.612 e. The first-order valence-corrected chi connectivity index (χ1v) is 11.9. The summed E-state index contributed by atoms with van der Waals surface area (Å²) in [7, 11) is 0. The topological polar surface area (TPSA) is 110 Å². The van der Waals surface area contributed by atoms with Crippen molar-refractivity contribution in [2.75, 3.05) is 19.3 Å². The molecule has 0 bridgehead atoms. The molecule has 1 aliphatic rings. The first-order valence-electron chi connectivity index (χ1n) is 10.3. The molecule has 1 aromatic heterocycles. The van der Waals surface area contributed by atoms with Crippen LogP contribution in [0.4, 0.5) is 9.18 Å². The molecule has 1 aromatic carbocycles. The quantitative estimate of drug-likeness (QED) is 0.457. The minimum atomic E-state index is -1.42. The fraction of sp³-hybridized carbons (Fsp3) is 0.571. The van der Waals surface area contributed by atoms with E-state index in [9.17, 15) is 13.7 Å². The Balaban J connectivity index is 1.51. The second-order valence-electron chi connectivity index (χ2n) is 8.52. The number of rotatable bonds is 6. The Morgan fingerprint density at radius 2 is 2.03 bits per heavy atom. The van der Waals surface area contributed by atoms with Crippen molar-refractivity contribution in [2.24, 2.45) is 0 Å². The minimum absolute atomic E-state index is 0.0740. The van der Waals surface area contributed by atoms with Crippen LogP contribution >= 0.6 is 0 Å². The fourth-order valence-electron chi connectivity index (χ4n) is 3.17. The van der Waals surface area contributed by atoms with Crippen LogP contribution in [-0.2, 0) is 25.5 Å². The number of benzene rings is 1. The van der Waals surface area contributed by atoms with Gasteiger partial charge in [-0.2, -0.15) is 4.98 Å². The van der Waals surface area contributed by atoms with Crippen LogP contribution in [0.1, 0.15) is 52.5 Å². The van der Waals surface area contributed by atoms with E-state index in [-0.39, 0.29) is 22.7 Å². The van der Waals surface area contributed by atoms with Crippen molar-refractivity contribution in [1.29, 1.82) is 0 Å². The summed E-state index contributed by atoms with van der Waals surface area (Å²) in [6, 6.07) is 4.28. The Labute approximate surface area is 189 Å². The first-order chi connectivity index (χ1) is 15.0. The molecule has 1 aliphatic heterocycles. The van der Waals surface area contributed by atoms with E-state index >= 15 is 0 Å². The highest BCUT2D eigenvalue weighted by Crippen LogP contribution is 2.26. The predicted octanol–water partition coefficient (Wildman–Crippen LogP) is 4.02. The molecule has 0 saturated carbocycles. The third kappa shape index (κ3) is 6.64. The van der Waals surface area contributed by atoms with Gasteiger partial charge in [-0.3, -0.25) is 0 Å². The summed E-state index contributed by atoms with van der Waals surface area (Å²) in [5, 5.41) is 5.46. The highest BCUT2D eigenvalue weighted by Gasteiger charge is 2.28. The lowest BCUT2D eigenvalue weighted by molar-refractivity contribution is -0.169. The molecular formula is C21H28FN3O6S. The lowest BCUT2D eigenvalue weighted by atomic mass is 10.1. The number of hydrogen-bond acceptors (Lipinski definition) is 9. The number of halogens is 1. The van der Waals surface area contributed by atoms with Crippen molar-refractivity contribution in [1.82, 2.24) is 15.2 Å². The summed E-state index contributed by atoms with van der Waals surface area (Å²) >= 11 is -1.42. The van der Waals surface area contributed by atoms with Gasteiger partial charge in [-0.25, -0.2) is 9.18 Å². The molecule has 176 valence electrons. The van der Waals surface area contributed by atoms with Gasteiger partial charge < -0.3 is 23.4 Å². The molecule has 11 heteroatoms. The number of carbonyl (C=O) groups excluding carboxylic acids is 1. The van der Waals surface area contributed by atoms with E-state index < -0.39 is 34.9 Å². The van der Waals surface area contributed by atoms with Crippen LogP contribution in [0.25, 0.3) is 11.4 Å². The molecule has 1 fully saturated rings. The van der Waals surface area contributed by atoms with Crippen LogP contribution in [0.3, 0.4) is 0 Å². The van der Waals surface area contributed by atoms with E-state index in [4.69, 9.17) is 18.8 Å². The van der Waals surface area contributed by atoms with Crippen LogP contribution in [0.5, 0.6) is 0 Å². The molecule has 9 nitrogen and oxygen atoms in total. The van der Waals surface area contributed by atoms with E-state index in [1.165, 1.54) is 18.4 Å². The number of nitrogens with zero attached hydrogens (tertiary/aromatic N) is 3. The monoisotopic (exact) mass is 469 g/mol. The summed E-state index contributed by atoms with van der Waals surface area (Å²) in [6.45, 7) is 8.14. The molecular weight excluding hydrogens is 441 g/mol. The van der Waals surface area contributed by atoms with Gasteiger partial charge in [-0.1, -0.05) is 5.16 Å². The lowest BCUT2D eigenvalue weighted by Gasteiger charge is -2.31. The molecule has 0 N–H and O–H groups in total. The van der Waals surface area contributed by atoms with Crippen molar-refractivity contribution in [2.45, 2.75) is 63.2 Å². The molecule has 2 heterocycles. The molecule has 2 unspecified atom stereocenters. The molecule has 0 amide bonds. The zero-order valence-electron chi connectivity index (χ0n) is 18.8. The second kappa shape index (κ2) is 10.2. The van der Waals surface area contributed by atoms with Crippen molar-refractivity contribution in [3.05, 3.63) is 29.9 Å². The van der Waals surface area contributed by atoms with Gasteiger partial charge in [-0.15, -0.1) is 5.06 Å². The maximum atomic E-state index is 14.1. The maximum Gasteiger partial charge on any atom is 0.528 e. The maximum absolute atomic E-state index is 14.1. The van der Waals surface area contributed by atoms with Gasteiger partial charge in [0.1, 0.15) is 18.0 Å². The minimum Gasteiger partial charge on any atom is -0.612 e. The summed E-state index contributed by atoms with van der Waals surface area (Å²) in [4.78, 5) is 21.4. The normalized spacial score (nSPS) is 17.7. The first kappa shape index (κ1) is 24.4. The van der Waals surface area contributed by atoms with Gasteiger partial charge in [0, 0.05) is 18.7 Å². The van der Waals surface area contributed by atoms with Gasteiger partial charge >= 0.3 is 6.16 Å². The van der Waals surface area contributed by atoms with Gasteiger partial charge in [0.25, 0.3) is 5.89 Å². The van der Waals surface area contributed by atoms with Crippen LogP contribution in [0.2, 0.25) is 0 Å². The lowest BCUT2D eigenvalue weighted by Crippen LogP contribution is -2.40. The zero-order valence-corrected chi connectivity index (χ0v) is 19.6. The van der Waals surface area contributed by atoms with E-state index in [2.05, 4.69) is 10.1 Å². The van der Waals surface area contributed by atoms with E-state index in [1.807, 2.05) is 0 Å². The van der Waals surface area contributed by atoms with Gasteiger partial charge in [0.2, 0.25) is 5.82 Å². The molecule has 0 spiro atoms. The Kier molecular flexibility index (Phi) is 7.75. The van der Waals surface area contributed by atoms with Crippen LogP contribution in [-0.4, -0.2) is 57.0 Å². The SMILES string of the molecule is CC(OC1CCN(OC(=O)OC(C)(C)C)CC1)c1nc(-c2ccc([S+](C)[O-])c(F)c2)no1. The van der Waals surface area contributed by atoms with Crippen LogP contribution in [0.15, 0.2) is 27.6 Å². The van der Waals surface area contributed by atoms with Gasteiger partial charge in [0.05, 0.1) is 6.10 Å². The third-order valence-corrected chi connectivity index (χ3v) is 5.63. The highest BCUT2D eigenvalue weighted by molar-refractivity contribution is 7.90. The Bertz CT molecular complexity index is 924. The Morgan fingerprint density at radius 1 is 1.34 bits per heavy atom. The number of hydroxylamine groups is 2. The van der Waals surface area contributed by atoms with Crippen molar-refractivity contribution in [3.8, 4) is 11.4 Å². The van der Waals surface area contributed by atoms with E-state index in [1.54, 1.807) is 38.8 Å². The molecule has 2 aromatic rings. The third-order valence-electron chi connectivity index (χ3n) is 4.68. The number of ether oxygens (including phenoxy) is 2. The summed E-state index contributed by atoms with van der Waals surface area (Å²) in [5.41, 5.74) is -0.189. The predicted molar refractivity (Wildman–Crippen MR) is 113 cm³/mol. The molecule has 2 atom stereocenters. The molecule has 32 heavy (non-hydrogen) atoms. The number of hydrogen-bond donors (Lipinski definition) is 0. The van der Waals surface area contributed by atoms with Crippen molar-refractivity contribution < 1.29 is 32.6 Å². The number of carbonyl (C=O) groups is 1. The fourth-order valence-corrected chi connectivity index (χ4v) is 3.76. The van der Waals surface area contributed by atoms with Crippen LogP contribution in [0, 0.1) is 5.82 Å². The van der Waals surface area contributed by atoms with E-state index in [0.717, 1.165) is 0 Å². The molecule has 1 saturated heterocycles. The smallest absolute Gasteiger partial charge is 0.528 e. The number of piperidine rings is 1. The molecule has 0 radical (unpaired) electrons. The Hall–Kier alpha value is -2.21. The van der Waals surface area contributed by atoms with Crippen molar-refractivity contribution >= 4 is 17.3 Å². The van der Waals surface area contributed by atoms with E-state index in [0.29, 0.717) is 31.5 Å². The summed E-state index contributed by atoms with van der Waals surface area (Å²) in [6.07, 6.45) is 1.45. The van der Waals surface area contributed by atoms with Crippen molar-refractivity contribution in [3.63, 3.8) is 0 Å².